The lowest BCUT2D eigenvalue weighted by Crippen LogP contribution is -2.10. The molecule has 0 N–H and O–H groups in total. The van der Waals surface area contributed by atoms with Gasteiger partial charge in [0.25, 0.3) is 0 Å². The first-order valence-corrected chi connectivity index (χ1v) is 6.06. The first kappa shape index (κ1) is 13.7. The summed E-state index contributed by atoms with van der Waals surface area (Å²) < 4.78 is 18.8. The van der Waals surface area contributed by atoms with E-state index >= 15 is 0 Å². The molecule has 0 aromatic heterocycles. The quantitative estimate of drug-likeness (QED) is 0.553. The van der Waals surface area contributed by atoms with E-state index in [0.29, 0.717) is 12.0 Å². The third-order valence-electron chi connectivity index (χ3n) is 2.63. The molecule has 0 bridgehead atoms. The number of rotatable bonds is 6. The summed E-state index contributed by atoms with van der Waals surface area (Å²) in [4.78, 5) is 11.0. The molecule has 0 saturated carbocycles. The van der Waals surface area contributed by atoms with E-state index in [9.17, 15) is 9.18 Å². The van der Waals surface area contributed by atoms with Crippen LogP contribution in [0.5, 0.6) is 0 Å². The van der Waals surface area contributed by atoms with Crippen LogP contribution in [0.1, 0.15) is 51.2 Å². The van der Waals surface area contributed by atoms with Crippen molar-refractivity contribution in [3.8, 4) is 0 Å². The summed E-state index contributed by atoms with van der Waals surface area (Å²) in [6, 6.07) is 6.46. The van der Waals surface area contributed by atoms with Gasteiger partial charge in [0.05, 0.1) is 0 Å². The molecule has 1 aromatic carbocycles. The van der Waals surface area contributed by atoms with Gasteiger partial charge in [0.2, 0.25) is 0 Å². The first-order valence-electron chi connectivity index (χ1n) is 6.06. The number of hydrogen-bond donors (Lipinski definition) is 0. The van der Waals surface area contributed by atoms with Crippen LogP contribution in [0.3, 0.4) is 0 Å². The first-order chi connectivity index (χ1) is 8.15. The zero-order chi connectivity index (χ0) is 12.7. The van der Waals surface area contributed by atoms with Gasteiger partial charge in [-0.3, -0.25) is 4.79 Å². The highest BCUT2D eigenvalue weighted by molar-refractivity contribution is 5.66. The minimum absolute atomic E-state index is 0.310. The lowest BCUT2D eigenvalue weighted by atomic mass is 10.0. The molecule has 1 rings (SSSR count). The van der Waals surface area contributed by atoms with Crippen molar-refractivity contribution in [1.29, 1.82) is 0 Å². The second-order valence-corrected chi connectivity index (χ2v) is 4.12. The third-order valence-corrected chi connectivity index (χ3v) is 2.63. The molecule has 0 radical (unpaired) electrons. The smallest absolute Gasteiger partial charge is 0.303 e. The molecule has 0 aliphatic heterocycles. The third kappa shape index (κ3) is 4.55. The van der Waals surface area contributed by atoms with Crippen molar-refractivity contribution < 1.29 is 13.9 Å². The van der Waals surface area contributed by atoms with E-state index in [1.165, 1.54) is 13.0 Å². The Morgan fingerprint density at radius 3 is 2.65 bits per heavy atom. The number of ether oxygens (including phenoxy) is 1. The average Bonchev–Trinajstić information content (AvgIpc) is 2.28. The Morgan fingerprint density at radius 1 is 1.35 bits per heavy atom. The van der Waals surface area contributed by atoms with E-state index in [1.807, 2.05) is 0 Å². The number of carbonyl (C=O) groups excluding carboxylic acids is 1. The van der Waals surface area contributed by atoms with Crippen LogP contribution in [0.25, 0.3) is 0 Å². The molecule has 1 atom stereocenters. The van der Waals surface area contributed by atoms with E-state index in [0.717, 1.165) is 19.3 Å². The summed E-state index contributed by atoms with van der Waals surface area (Å²) in [7, 11) is 0. The molecule has 0 aliphatic rings. The maximum atomic E-state index is 13.6. The van der Waals surface area contributed by atoms with Gasteiger partial charge in [-0.1, -0.05) is 38.0 Å². The minimum atomic E-state index is -0.458. The van der Waals surface area contributed by atoms with Gasteiger partial charge in [0.1, 0.15) is 11.9 Å². The van der Waals surface area contributed by atoms with E-state index in [-0.39, 0.29) is 11.8 Å². The van der Waals surface area contributed by atoms with Gasteiger partial charge in [0, 0.05) is 12.5 Å². The van der Waals surface area contributed by atoms with Gasteiger partial charge in [0.15, 0.2) is 0 Å². The van der Waals surface area contributed by atoms with E-state index in [2.05, 4.69) is 6.92 Å². The van der Waals surface area contributed by atoms with Crippen LogP contribution in [0.4, 0.5) is 4.39 Å². The predicted molar refractivity (Wildman–Crippen MR) is 65.0 cm³/mol. The Bertz CT molecular complexity index is 363. The van der Waals surface area contributed by atoms with Crippen molar-refractivity contribution in [2.45, 2.75) is 45.6 Å². The molecule has 0 heterocycles. The van der Waals surface area contributed by atoms with Crippen LogP contribution in [-0.2, 0) is 9.53 Å². The number of benzene rings is 1. The summed E-state index contributed by atoms with van der Waals surface area (Å²) >= 11 is 0. The zero-order valence-corrected chi connectivity index (χ0v) is 10.4. The number of hydrogen-bond acceptors (Lipinski definition) is 2. The summed E-state index contributed by atoms with van der Waals surface area (Å²) in [6.07, 6.45) is 3.30. The highest BCUT2D eigenvalue weighted by atomic mass is 19.1. The Kier molecular flexibility index (Phi) is 5.67. The maximum absolute atomic E-state index is 13.6. The van der Waals surface area contributed by atoms with Crippen LogP contribution < -0.4 is 0 Å². The van der Waals surface area contributed by atoms with Gasteiger partial charge >= 0.3 is 5.97 Å². The molecule has 0 spiro atoms. The number of esters is 1. The Morgan fingerprint density at radius 2 is 2.06 bits per heavy atom. The van der Waals surface area contributed by atoms with Crippen molar-refractivity contribution in [2.75, 3.05) is 0 Å². The number of unbranched alkanes of at least 4 members (excludes halogenated alkanes) is 2. The Hall–Kier alpha value is -1.38. The van der Waals surface area contributed by atoms with Crippen molar-refractivity contribution in [1.82, 2.24) is 0 Å². The number of halogens is 1. The normalized spacial score (nSPS) is 12.2. The lowest BCUT2D eigenvalue weighted by Gasteiger charge is -2.17. The van der Waals surface area contributed by atoms with Gasteiger partial charge in [-0.15, -0.1) is 0 Å². The second-order valence-electron chi connectivity index (χ2n) is 4.12. The second kappa shape index (κ2) is 7.05. The topological polar surface area (TPSA) is 26.3 Å². The molecule has 1 unspecified atom stereocenters. The molecule has 3 heteroatoms. The van der Waals surface area contributed by atoms with Crippen molar-refractivity contribution in [3.63, 3.8) is 0 Å². The van der Waals surface area contributed by atoms with Crippen LogP contribution in [-0.4, -0.2) is 5.97 Å². The molecule has 17 heavy (non-hydrogen) atoms. The summed E-state index contributed by atoms with van der Waals surface area (Å²) in [6.45, 7) is 3.46. The van der Waals surface area contributed by atoms with Crippen LogP contribution in [0.15, 0.2) is 24.3 Å². The standard InChI is InChI=1S/C14H19FO2/c1-3-4-5-10-14(17-11(2)16)12-8-6-7-9-13(12)15/h6-9,14H,3-5,10H2,1-2H3. The molecular weight excluding hydrogens is 219 g/mol. The van der Waals surface area contributed by atoms with Gasteiger partial charge in [-0.25, -0.2) is 4.39 Å². The number of carbonyl (C=O) groups is 1. The molecule has 94 valence electrons. The molecule has 2 nitrogen and oxygen atoms in total. The molecule has 0 aliphatic carbocycles. The molecule has 0 fully saturated rings. The SMILES string of the molecule is CCCCCC(OC(C)=O)c1ccccc1F. The van der Waals surface area contributed by atoms with Crippen LogP contribution in [0, 0.1) is 5.82 Å². The molecule has 0 amide bonds. The van der Waals surface area contributed by atoms with Crippen molar-refractivity contribution >= 4 is 5.97 Å². The predicted octanol–water partition coefficient (Wildman–Crippen LogP) is 4.01. The fraction of sp³-hybridized carbons (Fsp3) is 0.500. The fourth-order valence-corrected chi connectivity index (χ4v) is 1.79. The van der Waals surface area contributed by atoms with E-state index < -0.39 is 6.10 Å². The van der Waals surface area contributed by atoms with E-state index in [4.69, 9.17) is 4.74 Å². The lowest BCUT2D eigenvalue weighted by molar-refractivity contribution is -0.147. The molecule has 0 saturated heterocycles. The monoisotopic (exact) mass is 238 g/mol. The van der Waals surface area contributed by atoms with Gasteiger partial charge in [-0.05, 0) is 18.9 Å². The summed E-state index contributed by atoms with van der Waals surface area (Å²) in [5.74, 6) is -0.676. The average molecular weight is 238 g/mol. The van der Waals surface area contributed by atoms with Crippen LogP contribution >= 0.6 is 0 Å². The Labute approximate surface area is 102 Å². The van der Waals surface area contributed by atoms with Crippen molar-refractivity contribution in [2.24, 2.45) is 0 Å². The summed E-state index contributed by atoms with van der Waals surface area (Å²) in [5, 5.41) is 0. The van der Waals surface area contributed by atoms with Gasteiger partial charge < -0.3 is 4.74 Å². The zero-order valence-electron chi connectivity index (χ0n) is 10.4. The van der Waals surface area contributed by atoms with Gasteiger partial charge in [-0.2, -0.15) is 0 Å². The highest BCUT2D eigenvalue weighted by Crippen LogP contribution is 2.26. The highest BCUT2D eigenvalue weighted by Gasteiger charge is 2.17. The Balaban J connectivity index is 2.75. The minimum Gasteiger partial charge on any atom is -0.458 e. The summed E-state index contributed by atoms with van der Waals surface area (Å²) in [5.41, 5.74) is 0.471. The molecule has 1 aromatic rings. The maximum Gasteiger partial charge on any atom is 0.303 e. The molecular formula is C14H19FO2. The largest absolute Gasteiger partial charge is 0.458 e. The van der Waals surface area contributed by atoms with Crippen molar-refractivity contribution in [3.05, 3.63) is 35.6 Å². The van der Waals surface area contributed by atoms with E-state index in [1.54, 1.807) is 18.2 Å². The fourth-order valence-electron chi connectivity index (χ4n) is 1.79. The van der Waals surface area contributed by atoms with Crippen LogP contribution in [0.2, 0.25) is 0 Å².